The van der Waals surface area contributed by atoms with Crippen molar-refractivity contribution in [3.05, 3.63) is 48.3 Å². The Kier molecular flexibility index (Phi) is 3.43. The number of aromatic nitrogens is 2. The van der Waals surface area contributed by atoms with E-state index >= 15 is 0 Å². The van der Waals surface area contributed by atoms with Gasteiger partial charge in [0.25, 0.3) is 0 Å². The standard InChI is InChI=1S/C15H15N3O3/c19-10-17(12-6-7-12)14(15(20)21)11-8-16-18(9-11)13-4-2-1-3-5-13/h1-5,8-10,12,14H,6-7H2,(H,20,21). The first-order chi connectivity index (χ1) is 10.2. The van der Waals surface area contributed by atoms with Crippen molar-refractivity contribution in [3.63, 3.8) is 0 Å². The molecule has 1 fully saturated rings. The number of amides is 1. The largest absolute Gasteiger partial charge is 0.479 e. The number of rotatable bonds is 6. The highest BCUT2D eigenvalue weighted by atomic mass is 16.4. The zero-order valence-electron chi connectivity index (χ0n) is 11.3. The summed E-state index contributed by atoms with van der Waals surface area (Å²) in [5.41, 5.74) is 1.35. The summed E-state index contributed by atoms with van der Waals surface area (Å²) in [6.45, 7) is 0. The number of carboxylic acids is 1. The summed E-state index contributed by atoms with van der Waals surface area (Å²) in [7, 11) is 0. The molecule has 1 aliphatic carbocycles. The second kappa shape index (κ2) is 5.40. The molecule has 1 atom stereocenters. The van der Waals surface area contributed by atoms with Gasteiger partial charge >= 0.3 is 5.97 Å². The predicted molar refractivity (Wildman–Crippen MR) is 74.9 cm³/mol. The highest BCUT2D eigenvalue weighted by Crippen LogP contribution is 2.33. The van der Waals surface area contributed by atoms with Gasteiger partial charge in [-0.15, -0.1) is 0 Å². The van der Waals surface area contributed by atoms with E-state index in [1.807, 2.05) is 30.3 Å². The Balaban J connectivity index is 1.92. The third kappa shape index (κ3) is 2.65. The smallest absolute Gasteiger partial charge is 0.331 e. The topological polar surface area (TPSA) is 75.4 Å². The van der Waals surface area contributed by atoms with Crippen molar-refractivity contribution in [1.82, 2.24) is 14.7 Å². The second-order valence-electron chi connectivity index (χ2n) is 5.08. The molecule has 0 saturated heterocycles. The monoisotopic (exact) mass is 285 g/mol. The van der Waals surface area contributed by atoms with E-state index in [0.29, 0.717) is 12.0 Å². The van der Waals surface area contributed by atoms with Crippen LogP contribution >= 0.6 is 0 Å². The van der Waals surface area contributed by atoms with Crippen molar-refractivity contribution < 1.29 is 14.7 Å². The summed E-state index contributed by atoms with van der Waals surface area (Å²) in [6, 6.07) is 8.47. The van der Waals surface area contributed by atoms with Crippen molar-refractivity contribution in [2.24, 2.45) is 0 Å². The zero-order valence-corrected chi connectivity index (χ0v) is 11.3. The van der Waals surface area contributed by atoms with E-state index in [4.69, 9.17) is 0 Å². The zero-order chi connectivity index (χ0) is 14.8. The molecule has 21 heavy (non-hydrogen) atoms. The van der Waals surface area contributed by atoms with Crippen LogP contribution in [-0.4, -0.2) is 38.2 Å². The normalized spacial score (nSPS) is 15.4. The Labute approximate surface area is 121 Å². The van der Waals surface area contributed by atoms with Gasteiger partial charge in [-0.25, -0.2) is 9.48 Å². The molecule has 1 heterocycles. The Bertz CT molecular complexity index is 649. The number of hydrogen-bond donors (Lipinski definition) is 1. The minimum Gasteiger partial charge on any atom is -0.479 e. The molecule has 6 nitrogen and oxygen atoms in total. The van der Waals surface area contributed by atoms with E-state index in [9.17, 15) is 14.7 Å². The third-order valence-corrected chi connectivity index (χ3v) is 3.56. The van der Waals surface area contributed by atoms with Crippen LogP contribution in [0.25, 0.3) is 5.69 Å². The fourth-order valence-electron chi connectivity index (χ4n) is 2.37. The van der Waals surface area contributed by atoms with Crippen LogP contribution in [0.15, 0.2) is 42.7 Å². The van der Waals surface area contributed by atoms with Crippen molar-refractivity contribution in [3.8, 4) is 5.69 Å². The molecule has 6 heteroatoms. The molecule has 2 aromatic rings. The van der Waals surface area contributed by atoms with Crippen molar-refractivity contribution in [2.45, 2.75) is 24.9 Å². The summed E-state index contributed by atoms with van der Waals surface area (Å²) in [5, 5.41) is 13.6. The maximum absolute atomic E-state index is 11.5. The average Bonchev–Trinajstić information content (AvgIpc) is 3.22. The molecule has 1 aromatic carbocycles. The highest BCUT2D eigenvalue weighted by molar-refractivity contribution is 5.78. The molecular formula is C15H15N3O3. The first kappa shape index (κ1) is 13.4. The van der Waals surface area contributed by atoms with Crippen molar-refractivity contribution in [2.75, 3.05) is 0 Å². The minimum atomic E-state index is -1.04. The number of carboxylic acid groups (broad SMARTS) is 1. The summed E-state index contributed by atoms with van der Waals surface area (Å²) in [6.07, 6.45) is 5.50. The number of benzene rings is 1. The molecule has 108 valence electrons. The molecule has 1 amide bonds. The Hall–Kier alpha value is -2.63. The molecule has 0 aliphatic heterocycles. The molecular weight excluding hydrogens is 270 g/mol. The van der Waals surface area contributed by atoms with Crippen LogP contribution in [0, 0.1) is 0 Å². The Morgan fingerprint density at radius 3 is 2.67 bits per heavy atom. The van der Waals surface area contributed by atoms with Crippen molar-refractivity contribution in [1.29, 1.82) is 0 Å². The maximum Gasteiger partial charge on any atom is 0.331 e. The number of carbonyl (C=O) groups is 2. The second-order valence-corrected chi connectivity index (χ2v) is 5.08. The lowest BCUT2D eigenvalue weighted by molar-refractivity contribution is -0.147. The highest BCUT2D eigenvalue weighted by Gasteiger charge is 2.38. The number of hydrogen-bond acceptors (Lipinski definition) is 3. The van der Waals surface area contributed by atoms with Gasteiger partial charge in [-0.2, -0.15) is 5.10 Å². The summed E-state index contributed by atoms with van der Waals surface area (Å²) >= 11 is 0. The van der Waals surface area contributed by atoms with Gasteiger partial charge in [0.05, 0.1) is 11.9 Å². The third-order valence-electron chi connectivity index (χ3n) is 3.56. The van der Waals surface area contributed by atoms with Crippen LogP contribution in [0.1, 0.15) is 24.4 Å². The van der Waals surface area contributed by atoms with Crippen LogP contribution in [0.4, 0.5) is 0 Å². The number of nitrogens with zero attached hydrogens (tertiary/aromatic N) is 3. The molecule has 1 saturated carbocycles. The number of aliphatic carboxylic acids is 1. The summed E-state index contributed by atoms with van der Waals surface area (Å²) in [5.74, 6) is -1.04. The fraction of sp³-hybridized carbons (Fsp3) is 0.267. The first-order valence-electron chi connectivity index (χ1n) is 6.76. The molecule has 1 unspecified atom stereocenters. The Morgan fingerprint density at radius 1 is 1.38 bits per heavy atom. The van der Waals surface area contributed by atoms with Gasteiger partial charge in [-0.05, 0) is 25.0 Å². The maximum atomic E-state index is 11.5. The Morgan fingerprint density at radius 2 is 2.10 bits per heavy atom. The van der Waals surface area contributed by atoms with Gasteiger partial charge in [0, 0.05) is 17.8 Å². The van der Waals surface area contributed by atoms with Crippen molar-refractivity contribution >= 4 is 12.4 Å². The lowest BCUT2D eigenvalue weighted by Gasteiger charge is -2.23. The van der Waals surface area contributed by atoms with E-state index in [1.165, 1.54) is 11.1 Å². The molecule has 0 radical (unpaired) electrons. The fourth-order valence-corrected chi connectivity index (χ4v) is 2.37. The van der Waals surface area contributed by atoms with Crippen LogP contribution in [0.3, 0.4) is 0 Å². The van der Waals surface area contributed by atoms with Crippen LogP contribution in [-0.2, 0) is 9.59 Å². The lowest BCUT2D eigenvalue weighted by atomic mass is 10.1. The molecule has 1 aliphatic rings. The number of carbonyl (C=O) groups excluding carboxylic acids is 1. The summed E-state index contributed by atoms with van der Waals surface area (Å²) in [4.78, 5) is 24.1. The van der Waals surface area contributed by atoms with E-state index in [1.54, 1.807) is 10.9 Å². The van der Waals surface area contributed by atoms with E-state index < -0.39 is 12.0 Å². The quantitative estimate of drug-likeness (QED) is 0.818. The van der Waals surface area contributed by atoms with Crippen LogP contribution < -0.4 is 0 Å². The van der Waals surface area contributed by atoms with Crippen LogP contribution in [0.5, 0.6) is 0 Å². The van der Waals surface area contributed by atoms with E-state index in [2.05, 4.69) is 5.10 Å². The molecule has 3 rings (SSSR count). The van der Waals surface area contributed by atoms with Gasteiger partial charge in [0.2, 0.25) is 6.41 Å². The van der Waals surface area contributed by atoms with Gasteiger partial charge in [0.15, 0.2) is 6.04 Å². The average molecular weight is 285 g/mol. The van der Waals surface area contributed by atoms with E-state index in [-0.39, 0.29) is 6.04 Å². The minimum absolute atomic E-state index is 0.0312. The van der Waals surface area contributed by atoms with Gasteiger partial charge in [0.1, 0.15) is 0 Å². The molecule has 0 bridgehead atoms. The van der Waals surface area contributed by atoms with Gasteiger partial charge in [-0.1, -0.05) is 18.2 Å². The van der Waals surface area contributed by atoms with Gasteiger partial charge in [-0.3, -0.25) is 4.79 Å². The molecule has 0 spiro atoms. The SMILES string of the molecule is O=CN(C1CC1)C(C(=O)O)c1cnn(-c2ccccc2)c1. The molecule has 1 N–H and O–H groups in total. The molecule has 1 aromatic heterocycles. The summed E-state index contributed by atoms with van der Waals surface area (Å²) < 4.78 is 1.61. The first-order valence-corrected chi connectivity index (χ1v) is 6.76. The van der Waals surface area contributed by atoms with E-state index in [0.717, 1.165) is 18.5 Å². The number of para-hydroxylation sites is 1. The van der Waals surface area contributed by atoms with Gasteiger partial charge < -0.3 is 10.0 Å². The predicted octanol–water partition coefficient (Wildman–Crippen LogP) is 1.62. The lowest BCUT2D eigenvalue weighted by Crippen LogP contribution is -2.34. The van der Waals surface area contributed by atoms with Crippen LogP contribution in [0.2, 0.25) is 0 Å².